The van der Waals surface area contributed by atoms with E-state index < -0.39 is 11.7 Å². The number of piperidine rings is 1. The van der Waals surface area contributed by atoms with Gasteiger partial charge in [0.05, 0.1) is 6.54 Å². The quantitative estimate of drug-likeness (QED) is 0.797. The Balaban J connectivity index is 1.31. The van der Waals surface area contributed by atoms with Crippen molar-refractivity contribution < 1.29 is 13.9 Å². The lowest BCUT2D eigenvalue weighted by molar-refractivity contribution is -0.180. The zero-order valence-electron chi connectivity index (χ0n) is 16.6. The zero-order valence-corrected chi connectivity index (χ0v) is 16.6. The molecule has 6 nitrogen and oxygen atoms in total. The third-order valence-corrected chi connectivity index (χ3v) is 6.51. The van der Waals surface area contributed by atoms with E-state index in [0.29, 0.717) is 6.54 Å². The van der Waals surface area contributed by atoms with Crippen molar-refractivity contribution in [1.82, 2.24) is 19.4 Å². The molecule has 1 amide bonds. The standard InChI is InChI=1S/C22H27FN4O2/c23-18-5-3-4-17(14-18)15-25-11-6-22(7-12-25)21-24-8-13-27(21)16-19(29-22)20(28)26-9-1-2-10-26/h3-5,8,13-14,19H,1-2,6-7,9-12,15-16H2/t19-/m0/s1. The average Bonchev–Trinajstić information content (AvgIpc) is 3.41. The summed E-state index contributed by atoms with van der Waals surface area (Å²) in [6, 6.07) is 6.79. The Morgan fingerprint density at radius 2 is 2.00 bits per heavy atom. The van der Waals surface area contributed by atoms with Crippen molar-refractivity contribution in [3.05, 3.63) is 53.9 Å². The van der Waals surface area contributed by atoms with E-state index in [-0.39, 0.29) is 11.7 Å². The van der Waals surface area contributed by atoms with E-state index in [4.69, 9.17) is 4.74 Å². The van der Waals surface area contributed by atoms with Crippen LogP contribution in [-0.2, 0) is 28.2 Å². The fourth-order valence-electron chi connectivity index (χ4n) is 4.97. The smallest absolute Gasteiger partial charge is 0.253 e. The van der Waals surface area contributed by atoms with Gasteiger partial charge in [-0.3, -0.25) is 9.69 Å². The van der Waals surface area contributed by atoms with Gasteiger partial charge in [0.1, 0.15) is 17.2 Å². The van der Waals surface area contributed by atoms with Gasteiger partial charge in [-0.25, -0.2) is 9.37 Å². The van der Waals surface area contributed by atoms with E-state index in [2.05, 4.69) is 14.5 Å². The molecule has 154 valence electrons. The number of amides is 1. The molecule has 4 heterocycles. The topological polar surface area (TPSA) is 50.6 Å². The molecule has 2 fully saturated rings. The highest BCUT2D eigenvalue weighted by atomic mass is 19.1. The van der Waals surface area contributed by atoms with Crippen molar-refractivity contribution >= 4 is 5.91 Å². The van der Waals surface area contributed by atoms with Crippen LogP contribution in [0.1, 0.15) is 37.1 Å². The molecule has 1 spiro atoms. The highest BCUT2D eigenvalue weighted by Gasteiger charge is 2.47. The number of nitrogens with zero attached hydrogens (tertiary/aromatic N) is 4. The monoisotopic (exact) mass is 398 g/mol. The summed E-state index contributed by atoms with van der Waals surface area (Å²) in [6.07, 6.45) is 7.05. The Bertz CT molecular complexity index is 884. The van der Waals surface area contributed by atoms with Crippen LogP contribution in [0.3, 0.4) is 0 Å². The first-order chi connectivity index (χ1) is 14.1. The second kappa shape index (κ2) is 7.54. The van der Waals surface area contributed by atoms with Crippen molar-refractivity contribution in [2.24, 2.45) is 0 Å². The number of benzene rings is 1. The van der Waals surface area contributed by atoms with Gasteiger partial charge in [-0.1, -0.05) is 12.1 Å². The van der Waals surface area contributed by atoms with E-state index >= 15 is 0 Å². The van der Waals surface area contributed by atoms with Gasteiger partial charge < -0.3 is 14.2 Å². The number of likely N-dealkylation sites (tertiary alicyclic amines) is 2. The van der Waals surface area contributed by atoms with Gasteiger partial charge in [0, 0.05) is 45.1 Å². The Morgan fingerprint density at radius 3 is 2.76 bits per heavy atom. The number of ether oxygens (including phenoxy) is 1. The molecule has 0 bridgehead atoms. The van der Waals surface area contributed by atoms with Gasteiger partial charge >= 0.3 is 0 Å². The third-order valence-electron chi connectivity index (χ3n) is 6.51. The number of carbonyl (C=O) groups is 1. The van der Waals surface area contributed by atoms with Crippen molar-refractivity contribution in [3.8, 4) is 0 Å². The van der Waals surface area contributed by atoms with Gasteiger partial charge in [0.2, 0.25) is 0 Å². The maximum absolute atomic E-state index is 13.5. The SMILES string of the molecule is O=C([C@@H]1Cn2ccnc2C2(CCN(Cc3cccc(F)c3)CC2)O1)N1CCCC1. The Morgan fingerprint density at radius 1 is 1.21 bits per heavy atom. The minimum absolute atomic E-state index is 0.114. The molecular weight excluding hydrogens is 371 g/mol. The Hall–Kier alpha value is -2.25. The van der Waals surface area contributed by atoms with Crippen LogP contribution in [0, 0.1) is 5.82 Å². The lowest BCUT2D eigenvalue weighted by atomic mass is 9.88. The zero-order chi connectivity index (χ0) is 19.8. The number of hydrogen-bond acceptors (Lipinski definition) is 4. The van der Waals surface area contributed by atoms with E-state index in [1.165, 1.54) is 6.07 Å². The molecule has 1 aromatic carbocycles. The number of aromatic nitrogens is 2. The third kappa shape index (κ3) is 3.57. The molecule has 0 unspecified atom stereocenters. The van der Waals surface area contributed by atoms with Crippen LogP contribution < -0.4 is 0 Å². The molecule has 3 aliphatic heterocycles. The Kier molecular flexibility index (Phi) is 4.87. The fraction of sp³-hybridized carbons (Fsp3) is 0.545. The van der Waals surface area contributed by atoms with Crippen LogP contribution in [0.5, 0.6) is 0 Å². The van der Waals surface area contributed by atoms with Gasteiger partial charge in [-0.2, -0.15) is 0 Å². The van der Waals surface area contributed by atoms with Crippen molar-refractivity contribution in [2.75, 3.05) is 26.2 Å². The lowest BCUT2D eigenvalue weighted by Crippen LogP contribution is -2.54. The summed E-state index contributed by atoms with van der Waals surface area (Å²) in [7, 11) is 0. The maximum atomic E-state index is 13.5. The summed E-state index contributed by atoms with van der Waals surface area (Å²) >= 11 is 0. The number of fused-ring (bicyclic) bond motifs is 2. The number of rotatable bonds is 3. The molecule has 3 aliphatic rings. The first-order valence-electron chi connectivity index (χ1n) is 10.6. The molecule has 0 radical (unpaired) electrons. The van der Waals surface area contributed by atoms with E-state index in [0.717, 1.165) is 69.8 Å². The highest BCUT2D eigenvalue weighted by molar-refractivity contribution is 5.81. The van der Waals surface area contributed by atoms with Gasteiger partial charge in [-0.15, -0.1) is 0 Å². The normalized spacial score (nSPS) is 24.0. The molecule has 7 heteroatoms. The fourth-order valence-corrected chi connectivity index (χ4v) is 4.97. The summed E-state index contributed by atoms with van der Waals surface area (Å²) < 4.78 is 22.1. The molecule has 0 N–H and O–H groups in total. The highest BCUT2D eigenvalue weighted by Crippen LogP contribution is 2.40. The molecule has 1 atom stereocenters. The van der Waals surface area contributed by atoms with Crippen LogP contribution >= 0.6 is 0 Å². The molecule has 2 aromatic rings. The largest absolute Gasteiger partial charge is 0.352 e. The van der Waals surface area contributed by atoms with Crippen molar-refractivity contribution in [3.63, 3.8) is 0 Å². The average molecular weight is 398 g/mol. The first-order valence-corrected chi connectivity index (χ1v) is 10.6. The molecule has 0 saturated carbocycles. The van der Waals surface area contributed by atoms with Crippen molar-refractivity contribution in [2.45, 2.75) is 50.5 Å². The second-order valence-corrected chi connectivity index (χ2v) is 8.44. The number of hydrogen-bond donors (Lipinski definition) is 0. The minimum Gasteiger partial charge on any atom is -0.352 e. The molecule has 5 rings (SSSR count). The molecular formula is C22H27FN4O2. The molecule has 0 aliphatic carbocycles. The predicted molar refractivity (Wildman–Crippen MR) is 106 cm³/mol. The van der Waals surface area contributed by atoms with E-state index in [1.54, 1.807) is 12.1 Å². The van der Waals surface area contributed by atoms with Crippen LogP contribution in [0.25, 0.3) is 0 Å². The minimum atomic E-state index is -0.514. The number of imidazole rings is 1. The number of halogens is 1. The molecule has 1 aromatic heterocycles. The Labute approximate surface area is 170 Å². The van der Waals surface area contributed by atoms with E-state index in [1.807, 2.05) is 23.4 Å². The summed E-state index contributed by atoms with van der Waals surface area (Å²) in [6.45, 7) is 4.59. The second-order valence-electron chi connectivity index (χ2n) is 8.44. The summed E-state index contributed by atoms with van der Waals surface area (Å²) in [5.74, 6) is 0.855. The van der Waals surface area contributed by atoms with Crippen molar-refractivity contribution in [1.29, 1.82) is 0 Å². The predicted octanol–water partition coefficient (Wildman–Crippen LogP) is 2.53. The van der Waals surface area contributed by atoms with E-state index in [9.17, 15) is 9.18 Å². The summed E-state index contributed by atoms with van der Waals surface area (Å²) in [5, 5.41) is 0. The van der Waals surface area contributed by atoms with Crippen LogP contribution in [0.4, 0.5) is 4.39 Å². The van der Waals surface area contributed by atoms with Gasteiger partial charge in [-0.05, 0) is 43.4 Å². The van der Waals surface area contributed by atoms with Gasteiger partial charge in [0.25, 0.3) is 5.91 Å². The number of carbonyl (C=O) groups excluding carboxylic acids is 1. The lowest BCUT2D eigenvalue weighted by Gasteiger charge is -2.46. The first kappa shape index (κ1) is 18.8. The van der Waals surface area contributed by atoms with Crippen LogP contribution in [0.2, 0.25) is 0 Å². The van der Waals surface area contributed by atoms with Gasteiger partial charge in [0.15, 0.2) is 6.10 Å². The maximum Gasteiger partial charge on any atom is 0.253 e. The molecule has 2 saturated heterocycles. The van der Waals surface area contributed by atoms with Crippen LogP contribution in [-0.4, -0.2) is 57.5 Å². The van der Waals surface area contributed by atoms with Crippen LogP contribution in [0.15, 0.2) is 36.7 Å². The summed E-state index contributed by atoms with van der Waals surface area (Å²) in [4.78, 5) is 21.9. The summed E-state index contributed by atoms with van der Waals surface area (Å²) in [5.41, 5.74) is 0.467. The molecule has 29 heavy (non-hydrogen) atoms.